The van der Waals surface area contributed by atoms with E-state index >= 15 is 0 Å². The summed E-state index contributed by atoms with van der Waals surface area (Å²) >= 11 is 0. The number of aromatic amines is 1. The van der Waals surface area contributed by atoms with Crippen LogP contribution < -0.4 is 22.3 Å². The van der Waals surface area contributed by atoms with Crippen LogP contribution in [0.25, 0.3) is 0 Å². The highest BCUT2D eigenvalue weighted by Gasteiger charge is 2.13. The van der Waals surface area contributed by atoms with Crippen molar-refractivity contribution < 1.29 is 0 Å². The molecule has 0 aromatic carbocycles. The van der Waals surface area contributed by atoms with Gasteiger partial charge in [0.2, 0.25) is 0 Å². The second-order valence-corrected chi connectivity index (χ2v) is 5.27. The molecule has 19 heavy (non-hydrogen) atoms. The van der Waals surface area contributed by atoms with Crippen LogP contribution in [0, 0.1) is 11.8 Å². The maximum absolute atomic E-state index is 11.8. The van der Waals surface area contributed by atoms with E-state index in [1.54, 1.807) is 0 Å². The molecule has 4 N–H and O–H groups in total. The summed E-state index contributed by atoms with van der Waals surface area (Å²) in [5.41, 5.74) is 5.30. The molecule has 0 spiro atoms. The number of anilines is 2. The second-order valence-electron chi connectivity index (χ2n) is 5.27. The highest BCUT2D eigenvalue weighted by atomic mass is 16.2. The summed E-state index contributed by atoms with van der Waals surface area (Å²) in [4.78, 5) is 25.7. The third kappa shape index (κ3) is 3.62. The van der Waals surface area contributed by atoms with Crippen molar-refractivity contribution in [3.05, 3.63) is 20.8 Å². The van der Waals surface area contributed by atoms with Gasteiger partial charge in [-0.2, -0.15) is 0 Å². The van der Waals surface area contributed by atoms with Crippen molar-refractivity contribution in [3.63, 3.8) is 0 Å². The second kappa shape index (κ2) is 6.45. The van der Waals surface area contributed by atoms with Crippen LogP contribution in [0.15, 0.2) is 9.59 Å². The summed E-state index contributed by atoms with van der Waals surface area (Å²) in [5.74, 6) is 1.13. The molecule has 108 valence electrons. The molecule has 1 unspecified atom stereocenters. The Labute approximate surface area is 113 Å². The van der Waals surface area contributed by atoms with E-state index < -0.39 is 11.2 Å². The third-order valence-corrected chi connectivity index (χ3v) is 3.43. The van der Waals surface area contributed by atoms with Gasteiger partial charge in [0.1, 0.15) is 11.5 Å². The Morgan fingerprint density at radius 2 is 1.95 bits per heavy atom. The largest absolute Gasteiger partial charge is 0.383 e. The molecule has 0 aliphatic rings. The molecule has 0 saturated heterocycles. The van der Waals surface area contributed by atoms with Gasteiger partial charge in [-0.15, -0.1) is 0 Å². The highest BCUT2D eigenvalue weighted by molar-refractivity contribution is 5.60. The van der Waals surface area contributed by atoms with E-state index in [2.05, 4.69) is 31.1 Å². The van der Waals surface area contributed by atoms with Gasteiger partial charge in [-0.1, -0.05) is 27.7 Å². The zero-order chi connectivity index (χ0) is 14.6. The monoisotopic (exact) mass is 268 g/mol. The van der Waals surface area contributed by atoms with Gasteiger partial charge in [-0.3, -0.25) is 14.3 Å². The number of hydrogen-bond donors (Lipinski definition) is 3. The molecule has 0 amide bonds. The van der Waals surface area contributed by atoms with Crippen LogP contribution >= 0.6 is 0 Å². The first-order valence-corrected chi connectivity index (χ1v) is 6.74. The first kappa shape index (κ1) is 15.3. The van der Waals surface area contributed by atoms with E-state index in [0.717, 1.165) is 6.42 Å². The molecule has 1 aromatic rings. The quantitative estimate of drug-likeness (QED) is 0.723. The van der Waals surface area contributed by atoms with Gasteiger partial charge in [0.25, 0.3) is 5.56 Å². The molecule has 1 atom stereocenters. The minimum Gasteiger partial charge on any atom is -0.383 e. The number of nitrogens with one attached hydrogen (secondary N) is 2. The minimum absolute atomic E-state index is 0.214. The lowest BCUT2D eigenvalue weighted by molar-refractivity contribution is 0.439. The van der Waals surface area contributed by atoms with E-state index in [9.17, 15) is 9.59 Å². The van der Waals surface area contributed by atoms with Gasteiger partial charge in [-0.05, 0) is 18.3 Å². The molecular weight excluding hydrogens is 244 g/mol. The number of nitrogens with two attached hydrogens (primary N) is 1. The van der Waals surface area contributed by atoms with Crippen molar-refractivity contribution in [1.82, 2.24) is 9.55 Å². The highest BCUT2D eigenvalue weighted by Crippen LogP contribution is 2.14. The Balaban J connectivity index is 3.04. The predicted molar refractivity (Wildman–Crippen MR) is 78.5 cm³/mol. The molecule has 0 saturated carbocycles. The van der Waals surface area contributed by atoms with Crippen LogP contribution in [0.1, 0.15) is 34.1 Å². The van der Waals surface area contributed by atoms with Crippen LogP contribution in [-0.4, -0.2) is 16.1 Å². The molecule has 0 radical (unpaired) electrons. The van der Waals surface area contributed by atoms with Crippen LogP contribution in [0.4, 0.5) is 11.5 Å². The molecule has 0 aliphatic carbocycles. The molecule has 1 heterocycles. The normalized spacial score (nSPS) is 12.7. The number of hydrogen-bond acceptors (Lipinski definition) is 4. The fourth-order valence-corrected chi connectivity index (χ4v) is 1.70. The summed E-state index contributed by atoms with van der Waals surface area (Å²) in [6.07, 6.45) is 0.776. The Morgan fingerprint density at radius 1 is 1.32 bits per heavy atom. The smallest absolute Gasteiger partial charge is 0.330 e. The van der Waals surface area contributed by atoms with Gasteiger partial charge in [0.15, 0.2) is 0 Å². The average molecular weight is 268 g/mol. The zero-order valence-corrected chi connectivity index (χ0v) is 12.1. The van der Waals surface area contributed by atoms with Crippen molar-refractivity contribution in [2.24, 2.45) is 11.8 Å². The summed E-state index contributed by atoms with van der Waals surface area (Å²) in [6, 6.07) is 0. The van der Waals surface area contributed by atoms with Gasteiger partial charge >= 0.3 is 5.69 Å². The first-order chi connectivity index (χ1) is 8.88. The van der Waals surface area contributed by atoms with Crippen molar-refractivity contribution in [1.29, 1.82) is 0 Å². The zero-order valence-electron chi connectivity index (χ0n) is 12.1. The summed E-state index contributed by atoms with van der Waals surface area (Å²) < 4.78 is 1.39. The topological polar surface area (TPSA) is 92.9 Å². The van der Waals surface area contributed by atoms with Gasteiger partial charge in [0.05, 0.1) is 0 Å². The predicted octanol–water partition coefficient (Wildman–Crippen LogP) is 1.23. The summed E-state index contributed by atoms with van der Waals surface area (Å²) in [7, 11) is 0. The van der Waals surface area contributed by atoms with Gasteiger partial charge in [0, 0.05) is 13.1 Å². The lowest BCUT2D eigenvalue weighted by Crippen LogP contribution is -2.34. The van der Waals surface area contributed by atoms with E-state index in [1.165, 1.54) is 4.57 Å². The fourth-order valence-electron chi connectivity index (χ4n) is 1.70. The molecular formula is C13H24N4O2. The first-order valence-electron chi connectivity index (χ1n) is 6.74. The van der Waals surface area contributed by atoms with Crippen molar-refractivity contribution in [2.45, 2.75) is 40.7 Å². The third-order valence-electron chi connectivity index (χ3n) is 3.43. The minimum atomic E-state index is -0.453. The average Bonchev–Trinajstić information content (AvgIpc) is 2.33. The molecule has 0 aliphatic heterocycles. The number of nitrogens with zero attached hydrogens (tertiary/aromatic N) is 1. The number of H-pyrrole nitrogens is 1. The molecule has 6 heteroatoms. The van der Waals surface area contributed by atoms with E-state index in [4.69, 9.17) is 5.73 Å². The van der Waals surface area contributed by atoms with E-state index in [0.29, 0.717) is 30.6 Å². The number of nitrogen functional groups attached to an aromatic ring is 1. The lowest BCUT2D eigenvalue weighted by atomic mass is 9.98. The number of aromatic nitrogens is 2. The standard InChI is InChI=1S/C13H24N4O2/c1-5-6-17-11(14)10(12(18)16-13(17)19)15-7-9(4)8(2)3/h8-9,15H,5-7,14H2,1-4H3,(H,16,18,19). The van der Waals surface area contributed by atoms with Crippen molar-refractivity contribution in [2.75, 3.05) is 17.6 Å². The molecule has 6 nitrogen and oxygen atoms in total. The lowest BCUT2D eigenvalue weighted by Gasteiger charge is -2.18. The van der Waals surface area contributed by atoms with Gasteiger partial charge < -0.3 is 11.1 Å². The maximum atomic E-state index is 11.8. The van der Waals surface area contributed by atoms with Crippen molar-refractivity contribution in [3.8, 4) is 0 Å². The number of rotatable bonds is 6. The molecule has 0 bridgehead atoms. The molecule has 0 fully saturated rings. The van der Waals surface area contributed by atoms with E-state index in [-0.39, 0.29) is 5.82 Å². The van der Waals surface area contributed by atoms with Crippen LogP contribution in [0.2, 0.25) is 0 Å². The Hall–Kier alpha value is -1.72. The van der Waals surface area contributed by atoms with Crippen LogP contribution in [0.3, 0.4) is 0 Å². The SMILES string of the molecule is CCCn1c(N)c(NCC(C)C(C)C)c(=O)[nH]c1=O. The summed E-state index contributed by atoms with van der Waals surface area (Å²) in [6.45, 7) is 9.44. The Bertz CT molecular complexity index is 530. The molecule has 1 rings (SSSR count). The summed E-state index contributed by atoms with van der Waals surface area (Å²) in [5, 5.41) is 3.06. The molecule has 1 aromatic heterocycles. The Morgan fingerprint density at radius 3 is 2.47 bits per heavy atom. The maximum Gasteiger partial charge on any atom is 0.330 e. The van der Waals surface area contributed by atoms with Gasteiger partial charge in [-0.25, -0.2) is 4.79 Å². The van der Waals surface area contributed by atoms with Crippen molar-refractivity contribution >= 4 is 11.5 Å². The fraction of sp³-hybridized carbons (Fsp3) is 0.692. The van der Waals surface area contributed by atoms with Crippen LogP contribution in [-0.2, 0) is 6.54 Å². The van der Waals surface area contributed by atoms with Crippen LogP contribution in [0.5, 0.6) is 0 Å². The van der Waals surface area contributed by atoms with E-state index in [1.807, 2.05) is 6.92 Å². The Kier molecular flexibility index (Phi) is 5.20.